The standard InChI is InChI=1S/C19H29NO4/c1-3-23-18(21)15-8-10-19(22,11-9-15)13-20-12-4-5-16(20)17-7-6-14(2)24-17/h6-7,15-16,22H,3-5,8-13H2,1-2H3. The maximum absolute atomic E-state index is 11.9. The first-order valence-electron chi connectivity index (χ1n) is 9.20. The molecule has 1 N–H and O–H groups in total. The van der Waals surface area contributed by atoms with Crippen LogP contribution in [0.3, 0.4) is 0 Å². The van der Waals surface area contributed by atoms with Crippen molar-refractivity contribution in [2.45, 2.75) is 64.0 Å². The summed E-state index contributed by atoms with van der Waals surface area (Å²) in [5, 5.41) is 11.0. The van der Waals surface area contributed by atoms with Gasteiger partial charge in [-0.25, -0.2) is 0 Å². The van der Waals surface area contributed by atoms with Crippen molar-refractivity contribution in [3.8, 4) is 0 Å². The molecule has 5 nitrogen and oxygen atoms in total. The Labute approximate surface area is 144 Å². The molecule has 0 aromatic carbocycles. The maximum Gasteiger partial charge on any atom is 0.308 e. The summed E-state index contributed by atoms with van der Waals surface area (Å²) in [5.41, 5.74) is -0.701. The molecule has 1 saturated carbocycles. The molecule has 0 spiro atoms. The van der Waals surface area contributed by atoms with E-state index >= 15 is 0 Å². The zero-order valence-electron chi connectivity index (χ0n) is 14.8. The van der Waals surface area contributed by atoms with Gasteiger partial charge in [0.05, 0.1) is 24.2 Å². The van der Waals surface area contributed by atoms with E-state index in [1.165, 1.54) is 0 Å². The molecule has 1 aromatic heterocycles. The van der Waals surface area contributed by atoms with Crippen molar-refractivity contribution >= 4 is 5.97 Å². The topological polar surface area (TPSA) is 62.9 Å². The van der Waals surface area contributed by atoms with Gasteiger partial charge in [0.2, 0.25) is 0 Å². The average Bonchev–Trinajstić information content (AvgIpc) is 3.16. The number of hydrogen-bond donors (Lipinski definition) is 1. The normalized spacial score (nSPS) is 31.3. The van der Waals surface area contributed by atoms with E-state index in [4.69, 9.17) is 9.15 Å². The number of β-amino-alcohol motifs (C(OH)–C–C–N with tert-alkyl or cyclic N) is 1. The van der Waals surface area contributed by atoms with Gasteiger partial charge in [0, 0.05) is 6.54 Å². The van der Waals surface area contributed by atoms with Crippen molar-refractivity contribution in [2.75, 3.05) is 19.7 Å². The first-order valence-corrected chi connectivity index (χ1v) is 9.20. The van der Waals surface area contributed by atoms with Crippen molar-refractivity contribution < 1.29 is 19.1 Å². The summed E-state index contributed by atoms with van der Waals surface area (Å²) in [5.74, 6) is 1.79. The SMILES string of the molecule is CCOC(=O)C1CCC(O)(CN2CCCC2c2ccc(C)o2)CC1. The van der Waals surface area contributed by atoms with Gasteiger partial charge in [-0.15, -0.1) is 0 Å². The Morgan fingerprint density at radius 1 is 1.38 bits per heavy atom. The van der Waals surface area contributed by atoms with Crippen molar-refractivity contribution in [3.05, 3.63) is 23.7 Å². The lowest BCUT2D eigenvalue weighted by molar-refractivity contribution is -0.151. The largest absolute Gasteiger partial charge is 0.466 e. The molecule has 2 heterocycles. The van der Waals surface area contributed by atoms with Crippen LogP contribution in [0, 0.1) is 12.8 Å². The fourth-order valence-corrected chi connectivity index (χ4v) is 4.16. The number of hydrogen-bond acceptors (Lipinski definition) is 5. The van der Waals surface area contributed by atoms with Crippen molar-refractivity contribution in [3.63, 3.8) is 0 Å². The molecule has 2 aliphatic rings. The first-order chi connectivity index (χ1) is 11.5. The third-order valence-electron chi connectivity index (χ3n) is 5.49. The van der Waals surface area contributed by atoms with Gasteiger partial charge in [-0.1, -0.05) is 0 Å². The van der Waals surface area contributed by atoms with E-state index in [0.29, 0.717) is 38.8 Å². The Hall–Kier alpha value is -1.33. The molecule has 134 valence electrons. The zero-order chi connectivity index (χ0) is 17.2. The summed E-state index contributed by atoms with van der Waals surface area (Å²) >= 11 is 0. The highest BCUT2D eigenvalue weighted by atomic mass is 16.5. The summed E-state index contributed by atoms with van der Waals surface area (Å²) in [7, 11) is 0. The van der Waals surface area contributed by atoms with Gasteiger partial charge < -0.3 is 14.3 Å². The number of carbonyl (C=O) groups is 1. The summed E-state index contributed by atoms with van der Waals surface area (Å²) in [6, 6.07) is 4.33. The molecule has 5 heteroatoms. The van der Waals surface area contributed by atoms with Gasteiger partial charge in [0.25, 0.3) is 0 Å². The number of ether oxygens (including phenoxy) is 1. The molecular formula is C19H29NO4. The molecule has 1 saturated heterocycles. The number of esters is 1. The van der Waals surface area contributed by atoms with Gasteiger partial charge in [0.1, 0.15) is 11.5 Å². The number of aryl methyl sites for hydroxylation is 1. The summed E-state index contributed by atoms with van der Waals surface area (Å²) < 4.78 is 10.9. The van der Waals surface area contributed by atoms with Gasteiger partial charge in [-0.05, 0) is 71.0 Å². The molecule has 1 atom stereocenters. The van der Waals surface area contributed by atoms with Crippen LogP contribution in [0.1, 0.15) is 63.0 Å². The number of carbonyl (C=O) groups excluding carboxylic acids is 1. The van der Waals surface area contributed by atoms with E-state index in [-0.39, 0.29) is 17.9 Å². The molecule has 3 rings (SSSR count). The molecular weight excluding hydrogens is 306 g/mol. The predicted octanol–water partition coefficient (Wildman–Crippen LogP) is 3.21. The third kappa shape index (κ3) is 3.83. The molecule has 24 heavy (non-hydrogen) atoms. The van der Waals surface area contributed by atoms with Crippen LogP contribution in [-0.2, 0) is 9.53 Å². The van der Waals surface area contributed by atoms with Crippen LogP contribution >= 0.6 is 0 Å². The van der Waals surface area contributed by atoms with Crippen LogP contribution in [0.2, 0.25) is 0 Å². The van der Waals surface area contributed by atoms with Gasteiger partial charge in [0.15, 0.2) is 0 Å². The molecule has 1 aliphatic heterocycles. The second kappa shape index (κ2) is 7.28. The van der Waals surface area contributed by atoms with E-state index in [2.05, 4.69) is 11.0 Å². The van der Waals surface area contributed by atoms with E-state index in [9.17, 15) is 9.90 Å². The molecule has 0 radical (unpaired) electrons. The summed E-state index contributed by atoms with van der Waals surface area (Å²) in [6.07, 6.45) is 4.97. The minimum Gasteiger partial charge on any atom is -0.466 e. The fraction of sp³-hybridized carbons (Fsp3) is 0.737. The number of likely N-dealkylation sites (tertiary alicyclic amines) is 1. The second-order valence-electron chi connectivity index (χ2n) is 7.33. The minimum atomic E-state index is -0.701. The molecule has 1 aromatic rings. The van der Waals surface area contributed by atoms with Crippen LogP contribution in [0.25, 0.3) is 0 Å². The quantitative estimate of drug-likeness (QED) is 0.837. The Morgan fingerprint density at radius 2 is 2.12 bits per heavy atom. The maximum atomic E-state index is 11.9. The zero-order valence-corrected chi connectivity index (χ0v) is 14.8. The smallest absolute Gasteiger partial charge is 0.308 e. The monoisotopic (exact) mass is 335 g/mol. The van der Waals surface area contributed by atoms with Crippen LogP contribution in [0.4, 0.5) is 0 Å². The molecule has 1 unspecified atom stereocenters. The highest BCUT2D eigenvalue weighted by Crippen LogP contribution is 2.38. The molecule has 0 bridgehead atoms. The van der Waals surface area contributed by atoms with Crippen molar-refractivity contribution in [2.24, 2.45) is 5.92 Å². The Balaban J connectivity index is 1.58. The van der Waals surface area contributed by atoms with Gasteiger partial charge >= 0.3 is 5.97 Å². The van der Waals surface area contributed by atoms with E-state index < -0.39 is 5.60 Å². The highest BCUT2D eigenvalue weighted by Gasteiger charge is 2.40. The average molecular weight is 335 g/mol. The molecule has 2 fully saturated rings. The van der Waals surface area contributed by atoms with Gasteiger partial charge in [-0.2, -0.15) is 0 Å². The minimum absolute atomic E-state index is 0.0488. The first kappa shape index (κ1) is 17.5. The van der Waals surface area contributed by atoms with Crippen molar-refractivity contribution in [1.29, 1.82) is 0 Å². The van der Waals surface area contributed by atoms with Crippen LogP contribution < -0.4 is 0 Å². The molecule has 1 aliphatic carbocycles. The molecule has 0 amide bonds. The number of aliphatic hydroxyl groups is 1. The Bertz CT molecular complexity index is 559. The summed E-state index contributed by atoms with van der Waals surface area (Å²) in [4.78, 5) is 14.2. The Kier molecular flexibility index (Phi) is 5.30. The van der Waals surface area contributed by atoms with E-state index in [0.717, 1.165) is 30.9 Å². The summed E-state index contributed by atoms with van der Waals surface area (Å²) in [6.45, 7) is 5.88. The third-order valence-corrected chi connectivity index (χ3v) is 5.49. The van der Waals surface area contributed by atoms with Crippen LogP contribution in [0.15, 0.2) is 16.5 Å². The van der Waals surface area contributed by atoms with Crippen molar-refractivity contribution in [1.82, 2.24) is 4.90 Å². The predicted molar refractivity (Wildman–Crippen MR) is 90.5 cm³/mol. The Morgan fingerprint density at radius 3 is 2.75 bits per heavy atom. The number of furan rings is 1. The number of rotatable bonds is 5. The fourth-order valence-electron chi connectivity index (χ4n) is 4.16. The lowest BCUT2D eigenvalue weighted by Crippen LogP contribution is -2.46. The van der Waals surface area contributed by atoms with E-state index in [1.54, 1.807) is 0 Å². The lowest BCUT2D eigenvalue weighted by atomic mass is 9.78. The lowest BCUT2D eigenvalue weighted by Gasteiger charge is -2.39. The van der Waals surface area contributed by atoms with Crippen LogP contribution in [0.5, 0.6) is 0 Å². The number of nitrogens with zero attached hydrogens (tertiary/aromatic N) is 1. The highest BCUT2D eigenvalue weighted by molar-refractivity contribution is 5.72. The second-order valence-corrected chi connectivity index (χ2v) is 7.33. The van der Waals surface area contributed by atoms with E-state index in [1.807, 2.05) is 19.9 Å². The van der Waals surface area contributed by atoms with Crippen LogP contribution in [-0.4, -0.2) is 41.3 Å². The van der Waals surface area contributed by atoms with Gasteiger partial charge in [-0.3, -0.25) is 9.69 Å².